The summed E-state index contributed by atoms with van der Waals surface area (Å²) in [6, 6.07) is 1.69. The van der Waals surface area contributed by atoms with Crippen LogP contribution in [-0.4, -0.2) is 22.7 Å². The Hall–Kier alpha value is -1.94. The number of nitrogens with one attached hydrogen (secondary N) is 2. The van der Waals surface area contributed by atoms with Crippen LogP contribution in [0, 0.1) is 11.3 Å². The van der Waals surface area contributed by atoms with Crippen LogP contribution in [0.1, 0.15) is 0 Å². The van der Waals surface area contributed by atoms with Crippen molar-refractivity contribution in [3.8, 4) is 6.07 Å². The summed E-state index contributed by atoms with van der Waals surface area (Å²) < 4.78 is 3.74. The van der Waals surface area contributed by atoms with Crippen LogP contribution in [0.4, 0.5) is 5.69 Å². The molecule has 0 bridgehead atoms. The quantitative estimate of drug-likeness (QED) is 0.518. The highest BCUT2D eigenvalue weighted by molar-refractivity contribution is 7.04. The predicted molar refractivity (Wildman–Crippen MR) is 49.4 cm³/mol. The van der Waals surface area contributed by atoms with E-state index in [9.17, 15) is 9.59 Å². The van der Waals surface area contributed by atoms with Gasteiger partial charge in [0.15, 0.2) is 0 Å². The van der Waals surface area contributed by atoms with Crippen LogP contribution in [0.5, 0.6) is 0 Å². The van der Waals surface area contributed by atoms with Crippen molar-refractivity contribution in [2.24, 2.45) is 0 Å². The summed E-state index contributed by atoms with van der Waals surface area (Å²) in [4.78, 5) is 22.0. The summed E-state index contributed by atoms with van der Waals surface area (Å²) in [5.74, 6) is -1.64. The van der Waals surface area contributed by atoms with Gasteiger partial charge in [-0.3, -0.25) is 9.59 Å². The summed E-state index contributed by atoms with van der Waals surface area (Å²) in [5, 5.41) is 14.2. The lowest BCUT2D eigenvalue weighted by Crippen LogP contribution is -2.35. The minimum Gasteiger partial charge on any atom is -0.335 e. The van der Waals surface area contributed by atoms with Crippen LogP contribution in [-0.2, 0) is 9.59 Å². The average Bonchev–Trinajstić information content (AvgIpc) is 2.66. The predicted octanol–water partition coefficient (Wildman–Crippen LogP) is -0.279. The Labute approximate surface area is 83.7 Å². The first-order chi connectivity index (χ1) is 6.74. The molecule has 1 aromatic rings. The molecule has 0 aliphatic heterocycles. The number of aromatic nitrogens is 1. The van der Waals surface area contributed by atoms with Gasteiger partial charge in [-0.05, 0) is 11.5 Å². The van der Waals surface area contributed by atoms with Crippen molar-refractivity contribution in [1.29, 1.82) is 5.26 Å². The molecule has 1 aromatic heterocycles. The van der Waals surface area contributed by atoms with Crippen molar-refractivity contribution in [3.05, 3.63) is 11.6 Å². The van der Waals surface area contributed by atoms with Gasteiger partial charge in [-0.15, -0.1) is 0 Å². The zero-order valence-electron chi connectivity index (χ0n) is 6.98. The van der Waals surface area contributed by atoms with Gasteiger partial charge in [-0.1, -0.05) is 0 Å². The molecule has 72 valence electrons. The van der Waals surface area contributed by atoms with E-state index in [1.165, 1.54) is 6.20 Å². The van der Waals surface area contributed by atoms with Crippen LogP contribution in [0.2, 0.25) is 0 Å². The van der Waals surface area contributed by atoms with Gasteiger partial charge in [0.2, 0.25) is 0 Å². The number of amides is 2. The van der Waals surface area contributed by atoms with Crippen LogP contribution < -0.4 is 10.6 Å². The number of carbonyl (C=O) groups is 2. The Kier molecular flexibility index (Phi) is 3.58. The second kappa shape index (κ2) is 4.94. The molecule has 0 spiro atoms. The zero-order chi connectivity index (χ0) is 10.4. The molecule has 0 atom stereocenters. The number of nitriles is 1. The number of rotatable bonds is 2. The molecule has 2 N–H and O–H groups in total. The lowest BCUT2D eigenvalue weighted by Gasteiger charge is -2.00. The molecule has 14 heavy (non-hydrogen) atoms. The Morgan fingerprint density at radius 3 is 2.93 bits per heavy atom. The van der Waals surface area contributed by atoms with Crippen molar-refractivity contribution in [1.82, 2.24) is 9.69 Å². The van der Waals surface area contributed by atoms with E-state index in [0.29, 0.717) is 5.69 Å². The minimum absolute atomic E-state index is 0.186. The van der Waals surface area contributed by atoms with Crippen molar-refractivity contribution < 1.29 is 9.59 Å². The van der Waals surface area contributed by atoms with Crippen LogP contribution in [0.15, 0.2) is 11.6 Å². The monoisotopic (exact) mass is 210 g/mol. The SMILES string of the molecule is N#CCNC(=O)C(=O)Nc1cnsc1. The molecule has 0 aromatic carbocycles. The third kappa shape index (κ3) is 2.84. The molecule has 0 aliphatic carbocycles. The molecule has 1 rings (SSSR count). The molecule has 0 radical (unpaired) electrons. The number of anilines is 1. The Balaban J connectivity index is 2.43. The normalized spacial score (nSPS) is 8.79. The van der Waals surface area contributed by atoms with Crippen LogP contribution >= 0.6 is 11.5 Å². The van der Waals surface area contributed by atoms with E-state index < -0.39 is 11.8 Å². The fraction of sp³-hybridized carbons (Fsp3) is 0.143. The lowest BCUT2D eigenvalue weighted by molar-refractivity contribution is -0.136. The molecule has 7 heteroatoms. The van der Waals surface area contributed by atoms with E-state index in [0.717, 1.165) is 11.5 Å². The molecule has 1 heterocycles. The van der Waals surface area contributed by atoms with Gasteiger partial charge in [-0.2, -0.15) is 9.64 Å². The molecule has 0 saturated heterocycles. The Bertz CT molecular complexity index is 368. The van der Waals surface area contributed by atoms with Crippen molar-refractivity contribution in [3.63, 3.8) is 0 Å². The number of hydrogen-bond donors (Lipinski definition) is 2. The van der Waals surface area contributed by atoms with E-state index in [-0.39, 0.29) is 6.54 Å². The van der Waals surface area contributed by atoms with Gasteiger partial charge in [0, 0.05) is 5.38 Å². The van der Waals surface area contributed by atoms with Gasteiger partial charge in [-0.25, -0.2) is 0 Å². The van der Waals surface area contributed by atoms with Crippen molar-refractivity contribution in [2.75, 3.05) is 11.9 Å². The lowest BCUT2D eigenvalue weighted by atomic mass is 10.5. The molecule has 6 nitrogen and oxygen atoms in total. The topological polar surface area (TPSA) is 94.9 Å². The maximum absolute atomic E-state index is 11.1. The minimum atomic E-state index is -0.835. The average molecular weight is 210 g/mol. The molecule has 0 saturated carbocycles. The summed E-state index contributed by atoms with van der Waals surface area (Å²) in [5.41, 5.74) is 0.465. The smallest absolute Gasteiger partial charge is 0.313 e. The maximum Gasteiger partial charge on any atom is 0.313 e. The van der Waals surface area contributed by atoms with Crippen LogP contribution in [0.25, 0.3) is 0 Å². The number of nitrogens with zero attached hydrogens (tertiary/aromatic N) is 2. The van der Waals surface area contributed by atoms with Gasteiger partial charge in [0.25, 0.3) is 0 Å². The molecule has 2 amide bonds. The second-order valence-corrected chi connectivity index (χ2v) is 2.87. The first-order valence-electron chi connectivity index (χ1n) is 3.59. The third-order valence-electron chi connectivity index (χ3n) is 1.22. The molecular weight excluding hydrogens is 204 g/mol. The molecular formula is C7H6N4O2S. The summed E-state index contributed by atoms with van der Waals surface area (Å²) >= 11 is 1.16. The summed E-state index contributed by atoms with van der Waals surface area (Å²) in [7, 11) is 0. The summed E-state index contributed by atoms with van der Waals surface area (Å²) in [6.45, 7) is -0.186. The highest BCUT2D eigenvalue weighted by Crippen LogP contribution is 2.07. The standard InChI is InChI=1S/C7H6N4O2S/c8-1-2-9-6(12)7(13)11-5-3-10-14-4-5/h3-4H,2H2,(H,9,12)(H,11,13). The zero-order valence-corrected chi connectivity index (χ0v) is 7.80. The van der Waals surface area contributed by atoms with Gasteiger partial charge >= 0.3 is 11.8 Å². The third-order valence-corrected chi connectivity index (χ3v) is 1.81. The highest BCUT2D eigenvalue weighted by atomic mass is 32.1. The molecule has 0 aliphatic rings. The van der Waals surface area contributed by atoms with Gasteiger partial charge in [0.05, 0.1) is 18.0 Å². The Morgan fingerprint density at radius 2 is 2.36 bits per heavy atom. The van der Waals surface area contributed by atoms with E-state index in [4.69, 9.17) is 5.26 Å². The van der Waals surface area contributed by atoms with Crippen molar-refractivity contribution in [2.45, 2.75) is 0 Å². The fourth-order valence-electron chi connectivity index (χ4n) is 0.655. The van der Waals surface area contributed by atoms with Gasteiger partial charge in [0.1, 0.15) is 6.54 Å². The van der Waals surface area contributed by atoms with Crippen LogP contribution in [0.3, 0.4) is 0 Å². The fourth-order valence-corrected chi connectivity index (χ4v) is 1.12. The maximum atomic E-state index is 11.1. The second-order valence-electron chi connectivity index (χ2n) is 2.21. The highest BCUT2D eigenvalue weighted by Gasteiger charge is 2.12. The first kappa shape index (κ1) is 10.1. The van der Waals surface area contributed by atoms with Crippen molar-refractivity contribution >= 4 is 29.0 Å². The summed E-state index contributed by atoms with van der Waals surface area (Å²) in [6.07, 6.45) is 1.43. The van der Waals surface area contributed by atoms with E-state index in [2.05, 4.69) is 15.0 Å². The number of hydrogen-bond acceptors (Lipinski definition) is 5. The van der Waals surface area contributed by atoms with E-state index in [1.807, 2.05) is 0 Å². The largest absolute Gasteiger partial charge is 0.335 e. The van der Waals surface area contributed by atoms with Gasteiger partial charge < -0.3 is 10.6 Å². The first-order valence-corrected chi connectivity index (χ1v) is 4.43. The number of carbonyl (C=O) groups excluding carboxylic acids is 2. The Morgan fingerprint density at radius 1 is 1.57 bits per heavy atom. The molecule has 0 unspecified atom stereocenters. The molecule has 0 fully saturated rings. The van der Waals surface area contributed by atoms with E-state index >= 15 is 0 Å². The van der Waals surface area contributed by atoms with E-state index in [1.54, 1.807) is 11.4 Å².